The highest BCUT2D eigenvalue weighted by atomic mass is 32.2. The summed E-state index contributed by atoms with van der Waals surface area (Å²) in [6, 6.07) is 8.79. The molecule has 32 heavy (non-hydrogen) atoms. The van der Waals surface area contributed by atoms with Gasteiger partial charge in [0, 0.05) is 31.7 Å². The number of hydrogen-bond acceptors (Lipinski definition) is 4. The lowest BCUT2D eigenvalue weighted by Gasteiger charge is -2.23. The van der Waals surface area contributed by atoms with Crippen molar-refractivity contribution < 1.29 is 26.4 Å². The van der Waals surface area contributed by atoms with Crippen molar-refractivity contribution in [1.82, 2.24) is 4.31 Å². The second-order valence-electron chi connectivity index (χ2n) is 7.50. The van der Waals surface area contributed by atoms with Gasteiger partial charge in [0.15, 0.2) is 0 Å². The number of alkyl halides is 3. The van der Waals surface area contributed by atoms with Crippen LogP contribution in [-0.2, 0) is 16.2 Å². The maximum atomic E-state index is 13.3. The fraction of sp³-hybridized carbons (Fsp3) is 0.409. The summed E-state index contributed by atoms with van der Waals surface area (Å²) in [5, 5.41) is 2.56. The summed E-state index contributed by atoms with van der Waals surface area (Å²) in [4.78, 5) is 14.8. The quantitative estimate of drug-likeness (QED) is 0.644. The highest BCUT2D eigenvalue weighted by Gasteiger charge is 2.32. The van der Waals surface area contributed by atoms with E-state index in [0.29, 0.717) is 18.8 Å². The minimum Gasteiger partial charge on any atom is -0.370 e. The zero-order valence-corrected chi connectivity index (χ0v) is 18.8. The van der Waals surface area contributed by atoms with Gasteiger partial charge in [-0.2, -0.15) is 17.5 Å². The SMILES string of the molecule is CCN(CC)S(=O)(=O)c1cccc(C(=O)Nc2cc(C(F)(F)F)ccc2N2CCCC2)c1. The molecule has 1 N–H and O–H groups in total. The predicted octanol–water partition coefficient (Wildman–Crippen LogP) is 4.59. The first-order chi connectivity index (χ1) is 15.1. The Morgan fingerprint density at radius 1 is 1.06 bits per heavy atom. The van der Waals surface area contributed by atoms with Gasteiger partial charge in [-0.25, -0.2) is 8.42 Å². The van der Waals surface area contributed by atoms with Gasteiger partial charge in [-0.15, -0.1) is 0 Å². The van der Waals surface area contributed by atoms with Crippen molar-refractivity contribution in [3.8, 4) is 0 Å². The van der Waals surface area contributed by atoms with Crippen LogP contribution in [0.25, 0.3) is 0 Å². The van der Waals surface area contributed by atoms with Crippen LogP contribution in [-0.4, -0.2) is 44.8 Å². The molecule has 0 unspecified atom stereocenters. The lowest BCUT2D eigenvalue weighted by molar-refractivity contribution is -0.137. The van der Waals surface area contributed by atoms with Gasteiger partial charge >= 0.3 is 6.18 Å². The number of nitrogens with one attached hydrogen (secondary N) is 1. The molecule has 1 aliphatic rings. The molecule has 2 aromatic rings. The van der Waals surface area contributed by atoms with Gasteiger partial charge in [0.25, 0.3) is 5.91 Å². The Morgan fingerprint density at radius 3 is 2.31 bits per heavy atom. The zero-order chi connectivity index (χ0) is 23.5. The number of anilines is 2. The molecule has 0 aliphatic carbocycles. The monoisotopic (exact) mass is 469 g/mol. The Labute approximate surface area is 186 Å². The third-order valence-electron chi connectivity index (χ3n) is 5.46. The number of sulfonamides is 1. The predicted molar refractivity (Wildman–Crippen MR) is 117 cm³/mol. The number of benzene rings is 2. The van der Waals surface area contributed by atoms with Crippen molar-refractivity contribution >= 4 is 27.3 Å². The Kier molecular flexibility index (Phi) is 7.14. The van der Waals surface area contributed by atoms with Gasteiger partial charge in [0.05, 0.1) is 21.8 Å². The number of carbonyl (C=O) groups is 1. The normalized spacial score (nSPS) is 14.8. The van der Waals surface area contributed by atoms with Crippen molar-refractivity contribution in [2.24, 2.45) is 0 Å². The van der Waals surface area contributed by atoms with E-state index < -0.39 is 27.7 Å². The number of amides is 1. The summed E-state index contributed by atoms with van der Waals surface area (Å²) < 4.78 is 66.6. The maximum absolute atomic E-state index is 13.3. The van der Waals surface area contributed by atoms with E-state index in [1.54, 1.807) is 13.8 Å². The van der Waals surface area contributed by atoms with Crippen LogP contribution in [0.4, 0.5) is 24.5 Å². The van der Waals surface area contributed by atoms with Gasteiger partial charge in [-0.3, -0.25) is 4.79 Å². The molecule has 2 aromatic carbocycles. The van der Waals surface area contributed by atoms with Crippen LogP contribution in [0.3, 0.4) is 0 Å². The smallest absolute Gasteiger partial charge is 0.370 e. The molecule has 10 heteroatoms. The minimum atomic E-state index is -4.55. The third-order valence-corrected chi connectivity index (χ3v) is 7.50. The first-order valence-corrected chi connectivity index (χ1v) is 11.9. The van der Waals surface area contributed by atoms with Crippen molar-refractivity contribution in [2.75, 3.05) is 36.4 Å². The lowest BCUT2D eigenvalue weighted by atomic mass is 10.1. The van der Waals surface area contributed by atoms with Crippen LogP contribution in [0.15, 0.2) is 47.4 Å². The summed E-state index contributed by atoms with van der Waals surface area (Å²) in [5.41, 5.74) is -0.267. The highest BCUT2D eigenvalue weighted by molar-refractivity contribution is 7.89. The average molecular weight is 470 g/mol. The molecule has 0 atom stereocenters. The van der Waals surface area contributed by atoms with Crippen molar-refractivity contribution in [3.63, 3.8) is 0 Å². The topological polar surface area (TPSA) is 69.7 Å². The molecular formula is C22H26F3N3O3S. The lowest BCUT2D eigenvalue weighted by Crippen LogP contribution is -2.30. The number of hydrogen-bond donors (Lipinski definition) is 1. The molecule has 1 fully saturated rings. The fourth-order valence-electron chi connectivity index (χ4n) is 3.75. The average Bonchev–Trinajstić information content (AvgIpc) is 3.28. The maximum Gasteiger partial charge on any atom is 0.416 e. The summed E-state index contributed by atoms with van der Waals surface area (Å²) in [7, 11) is -3.78. The van der Waals surface area contributed by atoms with Gasteiger partial charge in [0.1, 0.15) is 0 Å². The Bertz CT molecular complexity index is 1080. The van der Waals surface area contributed by atoms with E-state index in [2.05, 4.69) is 5.32 Å². The van der Waals surface area contributed by atoms with Gasteiger partial charge in [-0.05, 0) is 49.2 Å². The fourth-order valence-corrected chi connectivity index (χ4v) is 5.26. The first-order valence-electron chi connectivity index (χ1n) is 10.5. The van der Waals surface area contributed by atoms with E-state index in [-0.39, 0.29) is 29.2 Å². The van der Waals surface area contributed by atoms with Crippen molar-refractivity contribution in [2.45, 2.75) is 37.8 Å². The first kappa shape index (κ1) is 24.1. The van der Waals surface area contributed by atoms with E-state index in [1.807, 2.05) is 4.90 Å². The third kappa shape index (κ3) is 5.07. The molecule has 1 saturated heterocycles. The van der Waals surface area contributed by atoms with Crippen molar-refractivity contribution in [3.05, 3.63) is 53.6 Å². The van der Waals surface area contributed by atoms with Gasteiger partial charge < -0.3 is 10.2 Å². The summed E-state index contributed by atoms with van der Waals surface area (Å²) in [5.74, 6) is -0.679. The largest absolute Gasteiger partial charge is 0.416 e. The van der Waals surface area contributed by atoms with E-state index in [4.69, 9.17) is 0 Å². The summed E-state index contributed by atoms with van der Waals surface area (Å²) >= 11 is 0. The van der Waals surface area contributed by atoms with E-state index >= 15 is 0 Å². The number of halogens is 3. The van der Waals surface area contributed by atoms with Gasteiger partial charge in [-0.1, -0.05) is 19.9 Å². The molecular weight excluding hydrogens is 443 g/mol. The number of carbonyl (C=O) groups excluding carboxylic acids is 1. The molecule has 0 bridgehead atoms. The molecule has 0 saturated carbocycles. The molecule has 0 radical (unpaired) electrons. The van der Waals surface area contributed by atoms with E-state index in [1.165, 1.54) is 34.6 Å². The standard InChI is InChI=1S/C22H26F3N3O3S/c1-3-28(4-2)32(30,31)18-9-7-8-16(14-18)21(29)26-19-15-17(22(23,24)25)10-11-20(19)27-12-5-6-13-27/h7-11,14-15H,3-6,12-13H2,1-2H3,(H,26,29). The number of rotatable bonds is 7. The van der Waals surface area contributed by atoms with Crippen LogP contribution >= 0.6 is 0 Å². The second-order valence-corrected chi connectivity index (χ2v) is 9.43. The minimum absolute atomic E-state index is 0.0438. The van der Waals surface area contributed by atoms with Crippen LogP contribution in [0, 0.1) is 0 Å². The van der Waals surface area contributed by atoms with Crippen LogP contribution < -0.4 is 10.2 Å². The second kappa shape index (κ2) is 9.50. The van der Waals surface area contributed by atoms with Crippen LogP contribution in [0.1, 0.15) is 42.6 Å². The van der Waals surface area contributed by atoms with Crippen LogP contribution in [0.5, 0.6) is 0 Å². The molecule has 1 aliphatic heterocycles. The highest BCUT2D eigenvalue weighted by Crippen LogP contribution is 2.36. The Hall–Kier alpha value is -2.59. The summed E-state index contributed by atoms with van der Waals surface area (Å²) in [6.07, 6.45) is -2.72. The molecule has 174 valence electrons. The van der Waals surface area contributed by atoms with E-state index in [9.17, 15) is 26.4 Å². The zero-order valence-electron chi connectivity index (χ0n) is 17.9. The molecule has 0 spiro atoms. The van der Waals surface area contributed by atoms with E-state index in [0.717, 1.165) is 25.0 Å². The van der Waals surface area contributed by atoms with Crippen molar-refractivity contribution in [1.29, 1.82) is 0 Å². The number of nitrogens with zero attached hydrogens (tertiary/aromatic N) is 2. The Morgan fingerprint density at radius 2 is 1.72 bits per heavy atom. The molecule has 3 rings (SSSR count). The molecule has 6 nitrogen and oxygen atoms in total. The van der Waals surface area contributed by atoms with Gasteiger partial charge in [0.2, 0.25) is 10.0 Å². The molecule has 1 heterocycles. The molecule has 0 aromatic heterocycles. The summed E-state index contributed by atoms with van der Waals surface area (Å²) in [6.45, 7) is 5.35. The van der Waals surface area contributed by atoms with Crippen LogP contribution in [0.2, 0.25) is 0 Å². The Balaban J connectivity index is 1.95. The molecule has 1 amide bonds.